The maximum absolute atomic E-state index is 12.3. The highest BCUT2D eigenvalue weighted by atomic mass is 32.1. The summed E-state index contributed by atoms with van der Waals surface area (Å²) in [6.45, 7) is 5.65. The molecule has 3 rings (SSSR count). The van der Waals surface area contributed by atoms with Gasteiger partial charge in [0.1, 0.15) is 5.76 Å². The lowest BCUT2D eigenvalue weighted by Gasteiger charge is -2.08. The van der Waals surface area contributed by atoms with Crippen molar-refractivity contribution in [2.75, 3.05) is 10.6 Å². The van der Waals surface area contributed by atoms with E-state index in [2.05, 4.69) is 15.6 Å². The summed E-state index contributed by atoms with van der Waals surface area (Å²) in [6.07, 6.45) is 1.61. The minimum atomic E-state index is -0.281. The lowest BCUT2D eigenvalue weighted by Crippen LogP contribution is -2.16. The van der Waals surface area contributed by atoms with Gasteiger partial charge < -0.3 is 9.73 Å². The van der Waals surface area contributed by atoms with Crippen LogP contribution in [-0.4, -0.2) is 16.8 Å². The summed E-state index contributed by atoms with van der Waals surface area (Å²) in [4.78, 5) is 28.7. The third-order valence-corrected chi connectivity index (χ3v) is 4.69. The average Bonchev–Trinajstić information content (AvgIpc) is 3.19. The van der Waals surface area contributed by atoms with Gasteiger partial charge in [0.05, 0.1) is 23.9 Å². The summed E-state index contributed by atoms with van der Waals surface area (Å²) >= 11 is 1.28. The molecule has 2 N–H and O–H groups in total. The Labute approximate surface area is 155 Å². The van der Waals surface area contributed by atoms with Crippen molar-refractivity contribution >= 4 is 34.0 Å². The summed E-state index contributed by atoms with van der Waals surface area (Å²) < 4.78 is 5.12. The molecule has 0 bridgehead atoms. The number of benzene rings is 1. The Bertz CT molecular complexity index is 959. The molecule has 0 spiro atoms. The Morgan fingerprint density at radius 2 is 1.96 bits per heavy atom. The van der Waals surface area contributed by atoms with Gasteiger partial charge in [-0.05, 0) is 44.0 Å². The van der Waals surface area contributed by atoms with Crippen molar-refractivity contribution in [1.29, 1.82) is 0 Å². The SMILES string of the molecule is Cc1ccc(C)c(NC(=O)Cc2csc(NC(=O)c3ccoc3C)n2)c1. The normalized spacial score (nSPS) is 10.6. The third kappa shape index (κ3) is 4.18. The lowest BCUT2D eigenvalue weighted by atomic mass is 10.1. The van der Waals surface area contributed by atoms with Crippen molar-refractivity contribution < 1.29 is 14.0 Å². The Morgan fingerprint density at radius 3 is 2.69 bits per heavy atom. The van der Waals surface area contributed by atoms with Crippen molar-refractivity contribution in [2.45, 2.75) is 27.2 Å². The van der Waals surface area contributed by atoms with Crippen molar-refractivity contribution in [3.05, 3.63) is 64.1 Å². The molecule has 6 nitrogen and oxygen atoms in total. The largest absolute Gasteiger partial charge is 0.469 e. The van der Waals surface area contributed by atoms with Crippen LogP contribution in [-0.2, 0) is 11.2 Å². The van der Waals surface area contributed by atoms with Crippen LogP contribution in [0.4, 0.5) is 10.8 Å². The van der Waals surface area contributed by atoms with Gasteiger partial charge in [0, 0.05) is 11.1 Å². The van der Waals surface area contributed by atoms with E-state index in [1.807, 2.05) is 32.0 Å². The molecule has 0 aliphatic carbocycles. The molecule has 2 aromatic heterocycles. The van der Waals surface area contributed by atoms with Crippen LogP contribution in [0.1, 0.15) is 32.9 Å². The van der Waals surface area contributed by atoms with E-state index in [9.17, 15) is 9.59 Å². The fourth-order valence-electron chi connectivity index (χ4n) is 2.46. The van der Waals surface area contributed by atoms with Gasteiger partial charge in [-0.2, -0.15) is 0 Å². The number of hydrogen-bond donors (Lipinski definition) is 2. The Kier molecular flexibility index (Phi) is 5.18. The highest BCUT2D eigenvalue weighted by Crippen LogP contribution is 2.20. The topological polar surface area (TPSA) is 84.2 Å². The molecule has 0 aliphatic heterocycles. The average molecular weight is 369 g/mol. The predicted octanol–water partition coefficient (Wildman–Crippen LogP) is 4.09. The molecule has 26 heavy (non-hydrogen) atoms. The van der Waals surface area contributed by atoms with Crippen LogP contribution in [0.25, 0.3) is 0 Å². The maximum Gasteiger partial charge on any atom is 0.260 e. The van der Waals surface area contributed by atoms with Crippen molar-refractivity contribution in [1.82, 2.24) is 4.98 Å². The Hall–Kier alpha value is -2.93. The Balaban J connectivity index is 1.61. The Morgan fingerprint density at radius 1 is 1.15 bits per heavy atom. The molecule has 0 atom stereocenters. The number of carbonyl (C=O) groups excluding carboxylic acids is 2. The van der Waals surface area contributed by atoms with Crippen LogP contribution in [0.3, 0.4) is 0 Å². The summed E-state index contributed by atoms with van der Waals surface area (Å²) in [5.41, 5.74) is 3.96. The second-order valence-electron chi connectivity index (χ2n) is 6.03. The molecule has 134 valence electrons. The summed E-state index contributed by atoms with van der Waals surface area (Å²) in [6, 6.07) is 7.52. The number of carbonyl (C=O) groups is 2. The van der Waals surface area contributed by atoms with Crippen LogP contribution in [0.5, 0.6) is 0 Å². The van der Waals surface area contributed by atoms with E-state index in [-0.39, 0.29) is 18.2 Å². The molecular formula is C19H19N3O3S. The molecule has 2 amide bonds. The van der Waals surface area contributed by atoms with Crippen LogP contribution < -0.4 is 10.6 Å². The van der Waals surface area contributed by atoms with E-state index in [0.717, 1.165) is 16.8 Å². The third-order valence-electron chi connectivity index (χ3n) is 3.88. The van der Waals surface area contributed by atoms with Gasteiger partial charge in [0.2, 0.25) is 5.91 Å². The summed E-state index contributed by atoms with van der Waals surface area (Å²) in [5, 5.41) is 7.84. The smallest absolute Gasteiger partial charge is 0.260 e. The zero-order valence-corrected chi connectivity index (χ0v) is 15.6. The first-order valence-electron chi connectivity index (χ1n) is 8.09. The zero-order chi connectivity index (χ0) is 18.7. The van der Waals surface area contributed by atoms with Crippen LogP contribution in [0.15, 0.2) is 40.3 Å². The zero-order valence-electron chi connectivity index (χ0n) is 14.8. The number of rotatable bonds is 5. The highest BCUT2D eigenvalue weighted by molar-refractivity contribution is 7.14. The van der Waals surface area contributed by atoms with Gasteiger partial charge in [-0.25, -0.2) is 4.98 Å². The van der Waals surface area contributed by atoms with E-state index in [1.54, 1.807) is 18.4 Å². The molecule has 7 heteroatoms. The van der Waals surface area contributed by atoms with Gasteiger partial charge in [-0.15, -0.1) is 11.3 Å². The van der Waals surface area contributed by atoms with E-state index < -0.39 is 0 Å². The number of amides is 2. The van der Waals surface area contributed by atoms with Gasteiger partial charge in [0.25, 0.3) is 5.91 Å². The van der Waals surface area contributed by atoms with E-state index in [1.165, 1.54) is 17.6 Å². The molecule has 0 unspecified atom stereocenters. The number of hydrogen-bond acceptors (Lipinski definition) is 5. The van der Waals surface area contributed by atoms with E-state index in [0.29, 0.717) is 22.1 Å². The second-order valence-corrected chi connectivity index (χ2v) is 6.89. The van der Waals surface area contributed by atoms with Crippen molar-refractivity contribution in [3.63, 3.8) is 0 Å². The van der Waals surface area contributed by atoms with Crippen LogP contribution in [0, 0.1) is 20.8 Å². The number of nitrogens with one attached hydrogen (secondary N) is 2. The number of nitrogens with zero attached hydrogens (tertiary/aromatic N) is 1. The second kappa shape index (κ2) is 7.53. The van der Waals surface area contributed by atoms with Crippen molar-refractivity contribution in [3.8, 4) is 0 Å². The monoisotopic (exact) mass is 369 g/mol. The first kappa shape index (κ1) is 17.9. The summed E-state index contributed by atoms with van der Waals surface area (Å²) in [5.74, 6) is 0.122. The van der Waals surface area contributed by atoms with Gasteiger partial charge in [-0.3, -0.25) is 14.9 Å². The number of anilines is 2. The van der Waals surface area contributed by atoms with Gasteiger partial charge in [0.15, 0.2) is 5.13 Å². The molecule has 0 saturated heterocycles. The molecule has 0 fully saturated rings. The minimum absolute atomic E-state index is 0.143. The van der Waals surface area contributed by atoms with Crippen LogP contribution in [0.2, 0.25) is 0 Å². The van der Waals surface area contributed by atoms with E-state index in [4.69, 9.17) is 4.42 Å². The van der Waals surface area contributed by atoms with Gasteiger partial charge in [-0.1, -0.05) is 12.1 Å². The standard InChI is InChI=1S/C19H19N3O3S/c1-11-4-5-12(2)16(8-11)21-17(23)9-14-10-26-19(20-14)22-18(24)15-6-7-25-13(15)3/h4-8,10H,9H2,1-3H3,(H,21,23)(H,20,22,24). The van der Waals surface area contributed by atoms with Crippen LogP contribution >= 0.6 is 11.3 Å². The minimum Gasteiger partial charge on any atom is -0.469 e. The number of aryl methyl sites for hydroxylation is 3. The lowest BCUT2D eigenvalue weighted by molar-refractivity contribution is -0.115. The molecular weight excluding hydrogens is 350 g/mol. The first-order chi connectivity index (χ1) is 12.4. The maximum atomic E-state index is 12.3. The number of furan rings is 1. The number of thiazole rings is 1. The summed E-state index contributed by atoms with van der Waals surface area (Å²) in [7, 11) is 0. The first-order valence-corrected chi connectivity index (χ1v) is 8.97. The quantitative estimate of drug-likeness (QED) is 0.709. The molecule has 0 radical (unpaired) electrons. The van der Waals surface area contributed by atoms with E-state index >= 15 is 0 Å². The molecule has 1 aromatic carbocycles. The number of aromatic nitrogens is 1. The highest BCUT2D eigenvalue weighted by Gasteiger charge is 2.14. The van der Waals surface area contributed by atoms with Crippen molar-refractivity contribution in [2.24, 2.45) is 0 Å². The fourth-order valence-corrected chi connectivity index (χ4v) is 3.17. The molecule has 0 saturated carbocycles. The van der Waals surface area contributed by atoms with Gasteiger partial charge >= 0.3 is 0 Å². The molecule has 2 heterocycles. The predicted molar refractivity (Wildman–Crippen MR) is 102 cm³/mol. The fraction of sp³-hybridized carbons (Fsp3) is 0.211. The molecule has 0 aliphatic rings. The molecule has 3 aromatic rings.